The molecule has 1 aliphatic rings. The number of anilines is 1. The molecule has 2 heterocycles. The fourth-order valence-electron chi connectivity index (χ4n) is 2.96. The second-order valence-electron chi connectivity index (χ2n) is 6.08. The van der Waals surface area contributed by atoms with Gasteiger partial charge in [0.05, 0.1) is 7.11 Å². The summed E-state index contributed by atoms with van der Waals surface area (Å²) in [6.07, 6.45) is 0. The normalized spacial score (nSPS) is 15.3. The highest BCUT2D eigenvalue weighted by Gasteiger charge is 2.20. The van der Waals surface area contributed by atoms with E-state index in [1.807, 2.05) is 12.1 Å². The molecule has 0 amide bonds. The fourth-order valence-corrected chi connectivity index (χ4v) is 2.96. The molecule has 140 valence electrons. The molecule has 0 bridgehead atoms. The number of hydrogen-bond donors (Lipinski definition) is 1. The van der Waals surface area contributed by atoms with Crippen molar-refractivity contribution >= 4 is 11.6 Å². The number of methoxy groups -OCH3 is 1. The Labute approximate surface area is 153 Å². The molecule has 2 aromatic rings. The first kappa shape index (κ1) is 18.0. The van der Waals surface area contributed by atoms with Crippen LogP contribution in [-0.4, -0.2) is 60.8 Å². The Balaban J connectivity index is 1.62. The van der Waals surface area contributed by atoms with E-state index in [0.717, 1.165) is 44.4 Å². The second-order valence-corrected chi connectivity index (χ2v) is 6.08. The van der Waals surface area contributed by atoms with Gasteiger partial charge in [0.25, 0.3) is 0 Å². The Bertz CT molecular complexity index is 737. The molecule has 0 spiro atoms. The molecule has 1 aromatic carbocycles. The van der Waals surface area contributed by atoms with Crippen LogP contribution in [0.2, 0.25) is 0 Å². The molecule has 1 N–H and O–H groups in total. The minimum Gasteiger partial charge on any atom is -0.497 e. The number of benzene rings is 1. The average molecular weight is 358 g/mol. The zero-order valence-electron chi connectivity index (χ0n) is 15.6. The van der Waals surface area contributed by atoms with E-state index >= 15 is 0 Å². The summed E-state index contributed by atoms with van der Waals surface area (Å²) in [4.78, 5) is 13.5. The van der Waals surface area contributed by atoms with Crippen molar-refractivity contribution in [3.63, 3.8) is 0 Å². The largest absolute Gasteiger partial charge is 0.497 e. The van der Waals surface area contributed by atoms with E-state index in [0.29, 0.717) is 18.3 Å². The quantitative estimate of drug-likeness (QED) is 0.643. The average Bonchev–Trinajstić information content (AvgIpc) is 3.10. The molecule has 8 heteroatoms. The van der Waals surface area contributed by atoms with E-state index in [1.165, 1.54) is 5.69 Å². The Morgan fingerprint density at radius 3 is 2.77 bits per heavy atom. The molecule has 0 aliphatic carbocycles. The SMILES string of the molecule is CCNC(=NCc1noc(C)n1)N1CCN(c2cccc(OC)c2)CC1. The summed E-state index contributed by atoms with van der Waals surface area (Å²) in [6.45, 7) is 8.74. The standard InChI is InChI=1S/C18H26N6O2/c1-4-19-18(20-13-17-21-14(2)26-22-17)24-10-8-23(9-11-24)15-6-5-7-16(12-15)25-3/h5-7,12H,4,8-11,13H2,1-3H3,(H,19,20). The van der Waals surface area contributed by atoms with E-state index in [2.05, 4.69) is 49.3 Å². The summed E-state index contributed by atoms with van der Waals surface area (Å²) >= 11 is 0. The number of aryl methyl sites for hydroxylation is 1. The number of rotatable bonds is 5. The molecule has 1 aliphatic heterocycles. The maximum Gasteiger partial charge on any atom is 0.223 e. The number of ether oxygens (including phenoxy) is 1. The van der Waals surface area contributed by atoms with Gasteiger partial charge in [-0.25, -0.2) is 4.99 Å². The Morgan fingerprint density at radius 1 is 1.31 bits per heavy atom. The zero-order valence-corrected chi connectivity index (χ0v) is 15.6. The molecule has 0 atom stereocenters. The lowest BCUT2D eigenvalue weighted by atomic mass is 10.2. The molecule has 8 nitrogen and oxygen atoms in total. The number of nitrogens with one attached hydrogen (secondary N) is 1. The third-order valence-electron chi connectivity index (χ3n) is 4.27. The van der Waals surface area contributed by atoms with Crippen LogP contribution in [0, 0.1) is 6.92 Å². The summed E-state index contributed by atoms with van der Waals surface area (Å²) in [5.74, 6) is 2.94. The van der Waals surface area contributed by atoms with Crippen molar-refractivity contribution < 1.29 is 9.26 Å². The van der Waals surface area contributed by atoms with Crippen LogP contribution in [0.5, 0.6) is 5.75 Å². The lowest BCUT2D eigenvalue weighted by Gasteiger charge is -2.37. The number of aliphatic imine (C=N–C) groups is 1. The number of guanidine groups is 1. The van der Waals surface area contributed by atoms with Crippen LogP contribution in [0.3, 0.4) is 0 Å². The van der Waals surface area contributed by atoms with Gasteiger partial charge in [0, 0.05) is 51.4 Å². The Hall–Kier alpha value is -2.77. The van der Waals surface area contributed by atoms with Crippen molar-refractivity contribution in [2.45, 2.75) is 20.4 Å². The molecule has 1 saturated heterocycles. The first-order chi connectivity index (χ1) is 12.7. The van der Waals surface area contributed by atoms with Crippen molar-refractivity contribution in [3.05, 3.63) is 36.0 Å². The van der Waals surface area contributed by atoms with Crippen molar-refractivity contribution in [2.75, 3.05) is 44.7 Å². The monoisotopic (exact) mass is 358 g/mol. The van der Waals surface area contributed by atoms with Crippen molar-refractivity contribution in [3.8, 4) is 5.75 Å². The predicted molar refractivity (Wildman–Crippen MR) is 101 cm³/mol. The minimum atomic E-state index is 0.412. The molecule has 0 unspecified atom stereocenters. The summed E-state index contributed by atoms with van der Waals surface area (Å²) in [7, 11) is 1.70. The van der Waals surface area contributed by atoms with E-state index in [1.54, 1.807) is 14.0 Å². The van der Waals surface area contributed by atoms with E-state index in [-0.39, 0.29) is 0 Å². The maximum atomic E-state index is 5.33. The van der Waals surface area contributed by atoms with Crippen LogP contribution in [0.15, 0.2) is 33.8 Å². The minimum absolute atomic E-state index is 0.412. The van der Waals surface area contributed by atoms with Gasteiger partial charge in [-0.2, -0.15) is 4.98 Å². The van der Waals surface area contributed by atoms with Gasteiger partial charge in [0.2, 0.25) is 5.89 Å². The zero-order chi connectivity index (χ0) is 18.4. The van der Waals surface area contributed by atoms with Crippen molar-refractivity contribution in [1.29, 1.82) is 0 Å². The van der Waals surface area contributed by atoms with Gasteiger partial charge >= 0.3 is 0 Å². The van der Waals surface area contributed by atoms with Crippen molar-refractivity contribution in [2.24, 2.45) is 4.99 Å². The maximum absolute atomic E-state index is 5.33. The molecule has 1 fully saturated rings. The van der Waals surface area contributed by atoms with E-state index in [4.69, 9.17) is 9.26 Å². The molecular weight excluding hydrogens is 332 g/mol. The molecule has 26 heavy (non-hydrogen) atoms. The molecule has 0 saturated carbocycles. The third-order valence-corrected chi connectivity index (χ3v) is 4.27. The smallest absolute Gasteiger partial charge is 0.223 e. The van der Waals surface area contributed by atoms with Crippen LogP contribution in [0.1, 0.15) is 18.6 Å². The van der Waals surface area contributed by atoms with Gasteiger partial charge in [-0.05, 0) is 19.1 Å². The van der Waals surface area contributed by atoms with Gasteiger partial charge < -0.3 is 24.4 Å². The first-order valence-corrected chi connectivity index (χ1v) is 8.91. The number of nitrogens with zero attached hydrogens (tertiary/aromatic N) is 5. The lowest BCUT2D eigenvalue weighted by Crippen LogP contribution is -2.52. The molecule has 0 radical (unpaired) electrons. The number of hydrogen-bond acceptors (Lipinski definition) is 6. The third kappa shape index (κ3) is 4.44. The van der Waals surface area contributed by atoms with Gasteiger partial charge in [-0.3, -0.25) is 0 Å². The van der Waals surface area contributed by atoms with Crippen LogP contribution in [-0.2, 0) is 6.54 Å². The number of piperazine rings is 1. The summed E-state index contributed by atoms with van der Waals surface area (Å²) in [6, 6.07) is 8.19. The predicted octanol–water partition coefficient (Wildman–Crippen LogP) is 1.67. The second kappa shape index (κ2) is 8.55. The molecular formula is C18H26N6O2. The highest BCUT2D eigenvalue weighted by atomic mass is 16.5. The van der Waals surface area contributed by atoms with Gasteiger partial charge in [0.15, 0.2) is 11.8 Å². The van der Waals surface area contributed by atoms with E-state index < -0.39 is 0 Å². The topological polar surface area (TPSA) is 79.0 Å². The van der Waals surface area contributed by atoms with E-state index in [9.17, 15) is 0 Å². The van der Waals surface area contributed by atoms with Crippen LogP contribution in [0.25, 0.3) is 0 Å². The highest BCUT2D eigenvalue weighted by molar-refractivity contribution is 5.80. The summed E-state index contributed by atoms with van der Waals surface area (Å²) in [5.41, 5.74) is 1.19. The fraction of sp³-hybridized carbons (Fsp3) is 0.500. The van der Waals surface area contributed by atoms with Crippen LogP contribution >= 0.6 is 0 Å². The first-order valence-electron chi connectivity index (χ1n) is 8.91. The van der Waals surface area contributed by atoms with Gasteiger partial charge in [-0.15, -0.1) is 0 Å². The van der Waals surface area contributed by atoms with Crippen LogP contribution in [0.4, 0.5) is 5.69 Å². The Kier molecular flexibility index (Phi) is 5.93. The van der Waals surface area contributed by atoms with Gasteiger partial charge in [-0.1, -0.05) is 11.2 Å². The molecule has 1 aromatic heterocycles. The lowest BCUT2D eigenvalue weighted by molar-refractivity contribution is 0.370. The summed E-state index contributed by atoms with van der Waals surface area (Å²) in [5, 5.41) is 7.25. The molecule has 3 rings (SSSR count). The van der Waals surface area contributed by atoms with Gasteiger partial charge in [0.1, 0.15) is 12.3 Å². The summed E-state index contributed by atoms with van der Waals surface area (Å²) < 4.78 is 10.3. The highest BCUT2D eigenvalue weighted by Crippen LogP contribution is 2.22. The van der Waals surface area contributed by atoms with Crippen molar-refractivity contribution in [1.82, 2.24) is 20.4 Å². The van der Waals surface area contributed by atoms with Crippen LogP contribution < -0.4 is 15.0 Å². The Morgan fingerprint density at radius 2 is 2.12 bits per heavy atom. The number of aromatic nitrogens is 2.